The molecule has 4 nitrogen and oxygen atoms in total. The minimum atomic E-state index is -0.901. The maximum Gasteiger partial charge on any atom is 0.307 e. The third-order valence-corrected chi connectivity index (χ3v) is 3.13. The molecule has 1 aliphatic rings. The van der Waals surface area contributed by atoms with E-state index in [1.165, 1.54) is 6.07 Å². The van der Waals surface area contributed by atoms with Crippen molar-refractivity contribution in [1.29, 1.82) is 0 Å². The average Bonchev–Trinajstić information content (AvgIpc) is 2.72. The Kier molecular flexibility index (Phi) is 3.22. The minimum absolute atomic E-state index is 0.177. The zero-order valence-electron chi connectivity index (χ0n) is 8.78. The van der Waals surface area contributed by atoms with Crippen LogP contribution >= 0.6 is 11.6 Å². The highest BCUT2D eigenvalue weighted by Gasteiger charge is 2.32. The third-order valence-electron chi connectivity index (χ3n) is 2.91. The summed E-state index contributed by atoms with van der Waals surface area (Å²) in [5, 5.41) is 21.6. The molecule has 6 heteroatoms. The van der Waals surface area contributed by atoms with E-state index in [4.69, 9.17) is 16.7 Å². The third kappa shape index (κ3) is 2.35. The van der Waals surface area contributed by atoms with Crippen molar-refractivity contribution < 1.29 is 19.4 Å². The number of phenolic OH excluding ortho intramolecular Hbond substituents is 1. The van der Waals surface area contributed by atoms with Crippen LogP contribution < -0.4 is 5.32 Å². The first kappa shape index (κ1) is 12.1. The maximum absolute atomic E-state index is 13.3. The van der Waals surface area contributed by atoms with Gasteiger partial charge in [0, 0.05) is 23.2 Å². The van der Waals surface area contributed by atoms with Gasteiger partial charge in [-0.05, 0) is 18.6 Å². The molecule has 0 aliphatic carbocycles. The van der Waals surface area contributed by atoms with Crippen molar-refractivity contribution in [1.82, 2.24) is 5.32 Å². The maximum atomic E-state index is 13.3. The number of phenols is 1. The number of carboxylic acids is 1. The molecule has 92 valence electrons. The van der Waals surface area contributed by atoms with Crippen molar-refractivity contribution >= 4 is 17.6 Å². The second kappa shape index (κ2) is 4.50. The predicted molar refractivity (Wildman–Crippen MR) is 59.6 cm³/mol. The Balaban J connectivity index is 2.27. The van der Waals surface area contributed by atoms with Crippen LogP contribution in [0, 0.1) is 11.7 Å². The van der Waals surface area contributed by atoms with Gasteiger partial charge in [0.25, 0.3) is 0 Å². The van der Waals surface area contributed by atoms with Gasteiger partial charge in [0.2, 0.25) is 0 Å². The second-order valence-corrected chi connectivity index (χ2v) is 4.49. The summed E-state index contributed by atoms with van der Waals surface area (Å²) in [6.45, 7) is 0.299. The van der Waals surface area contributed by atoms with E-state index in [2.05, 4.69) is 5.32 Å². The monoisotopic (exact) mass is 259 g/mol. The van der Waals surface area contributed by atoms with Crippen LogP contribution in [-0.4, -0.2) is 22.7 Å². The van der Waals surface area contributed by atoms with E-state index in [0.717, 1.165) is 6.07 Å². The number of nitrogens with one attached hydrogen (secondary N) is 1. The SMILES string of the molecule is O=C(O)C1CNC(c2cc(Cl)cc(F)c2O)C1. The number of carbonyl (C=O) groups is 1. The molecule has 1 saturated heterocycles. The zero-order valence-corrected chi connectivity index (χ0v) is 9.54. The van der Waals surface area contributed by atoms with Crippen molar-refractivity contribution in [3.63, 3.8) is 0 Å². The van der Waals surface area contributed by atoms with E-state index in [0.29, 0.717) is 18.5 Å². The lowest BCUT2D eigenvalue weighted by atomic mass is 9.99. The summed E-state index contributed by atoms with van der Waals surface area (Å²) in [6.07, 6.45) is 0.308. The Bertz CT molecular complexity index is 466. The molecule has 0 radical (unpaired) electrons. The van der Waals surface area contributed by atoms with Crippen molar-refractivity contribution in [2.24, 2.45) is 5.92 Å². The van der Waals surface area contributed by atoms with E-state index >= 15 is 0 Å². The summed E-state index contributed by atoms with van der Waals surface area (Å²) in [5.41, 5.74) is 0.304. The number of aliphatic carboxylic acids is 1. The molecule has 3 N–H and O–H groups in total. The van der Waals surface area contributed by atoms with Gasteiger partial charge in [-0.1, -0.05) is 11.6 Å². The first-order valence-corrected chi connectivity index (χ1v) is 5.51. The lowest BCUT2D eigenvalue weighted by molar-refractivity contribution is -0.141. The molecule has 0 aromatic heterocycles. The Labute approximate surface area is 102 Å². The standard InChI is InChI=1S/C11H11ClFNO3/c12-6-2-7(10(15)8(13)3-6)9-1-5(4-14-9)11(16)17/h2-3,5,9,14-15H,1,4H2,(H,16,17). The van der Waals surface area contributed by atoms with E-state index in [-0.39, 0.29) is 11.1 Å². The van der Waals surface area contributed by atoms with Crippen LogP contribution in [0.1, 0.15) is 18.0 Å². The van der Waals surface area contributed by atoms with E-state index in [1.807, 2.05) is 0 Å². The molecule has 1 aromatic carbocycles. The van der Waals surface area contributed by atoms with Crippen LogP contribution in [0.2, 0.25) is 5.02 Å². The molecule has 1 aromatic rings. The highest BCUT2D eigenvalue weighted by Crippen LogP contribution is 2.36. The quantitative estimate of drug-likeness (QED) is 0.759. The van der Waals surface area contributed by atoms with Crippen molar-refractivity contribution in [3.05, 3.63) is 28.5 Å². The molecule has 0 saturated carbocycles. The van der Waals surface area contributed by atoms with Crippen LogP contribution in [-0.2, 0) is 4.79 Å². The molecular weight excluding hydrogens is 249 g/mol. The van der Waals surface area contributed by atoms with E-state index in [1.54, 1.807) is 0 Å². The largest absolute Gasteiger partial charge is 0.505 e. The zero-order chi connectivity index (χ0) is 12.6. The smallest absolute Gasteiger partial charge is 0.307 e. The fourth-order valence-corrected chi connectivity index (χ4v) is 2.23. The molecule has 17 heavy (non-hydrogen) atoms. The Hall–Kier alpha value is -1.33. The lowest BCUT2D eigenvalue weighted by Crippen LogP contribution is -2.17. The summed E-state index contributed by atoms with van der Waals surface area (Å²) in [5.74, 6) is -2.70. The van der Waals surface area contributed by atoms with Gasteiger partial charge >= 0.3 is 5.97 Å². The fraction of sp³-hybridized carbons (Fsp3) is 0.364. The summed E-state index contributed by atoms with van der Waals surface area (Å²) in [4.78, 5) is 10.8. The van der Waals surface area contributed by atoms with Crippen molar-refractivity contribution in [3.8, 4) is 5.75 Å². The molecule has 2 atom stereocenters. The Morgan fingerprint density at radius 1 is 1.53 bits per heavy atom. The summed E-state index contributed by atoms with van der Waals surface area (Å²) in [6, 6.07) is 2.08. The molecule has 0 amide bonds. The van der Waals surface area contributed by atoms with E-state index < -0.39 is 23.5 Å². The first-order valence-electron chi connectivity index (χ1n) is 5.13. The van der Waals surface area contributed by atoms with Gasteiger partial charge < -0.3 is 15.5 Å². The van der Waals surface area contributed by atoms with Gasteiger partial charge in [0.05, 0.1) is 5.92 Å². The molecule has 2 rings (SSSR count). The van der Waals surface area contributed by atoms with Gasteiger partial charge in [-0.2, -0.15) is 0 Å². The highest BCUT2D eigenvalue weighted by molar-refractivity contribution is 6.30. The van der Waals surface area contributed by atoms with Crippen LogP contribution in [0.3, 0.4) is 0 Å². The minimum Gasteiger partial charge on any atom is -0.505 e. The summed E-state index contributed by atoms with van der Waals surface area (Å²) < 4.78 is 13.3. The van der Waals surface area contributed by atoms with E-state index in [9.17, 15) is 14.3 Å². The number of benzene rings is 1. The van der Waals surface area contributed by atoms with Crippen molar-refractivity contribution in [2.75, 3.05) is 6.54 Å². The van der Waals surface area contributed by atoms with Gasteiger partial charge in [0.15, 0.2) is 11.6 Å². The fourth-order valence-electron chi connectivity index (χ4n) is 2.01. The van der Waals surface area contributed by atoms with Crippen LogP contribution in [0.5, 0.6) is 5.75 Å². The number of carboxylic acid groups (broad SMARTS) is 1. The van der Waals surface area contributed by atoms with Crippen LogP contribution in [0.25, 0.3) is 0 Å². The van der Waals surface area contributed by atoms with Gasteiger partial charge in [-0.25, -0.2) is 4.39 Å². The first-order chi connectivity index (χ1) is 7.99. The molecular formula is C11H11ClFNO3. The van der Waals surface area contributed by atoms with Gasteiger partial charge in [0.1, 0.15) is 0 Å². The molecule has 0 bridgehead atoms. The molecule has 1 heterocycles. The molecule has 1 aliphatic heterocycles. The lowest BCUT2D eigenvalue weighted by Gasteiger charge is -2.13. The highest BCUT2D eigenvalue weighted by atomic mass is 35.5. The number of rotatable bonds is 2. The second-order valence-electron chi connectivity index (χ2n) is 4.06. The summed E-state index contributed by atoms with van der Waals surface area (Å²) >= 11 is 5.70. The predicted octanol–water partition coefficient (Wildman–Crippen LogP) is 1.92. The number of hydrogen-bond donors (Lipinski definition) is 3. The average molecular weight is 260 g/mol. The van der Waals surface area contributed by atoms with Gasteiger partial charge in [-0.3, -0.25) is 4.79 Å². The molecule has 0 spiro atoms. The molecule has 1 fully saturated rings. The van der Waals surface area contributed by atoms with Crippen LogP contribution in [0.15, 0.2) is 12.1 Å². The van der Waals surface area contributed by atoms with Crippen molar-refractivity contribution in [2.45, 2.75) is 12.5 Å². The summed E-state index contributed by atoms with van der Waals surface area (Å²) in [7, 11) is 0. The molecule has 2 unspecified atom stereocenters. The Morgan fingerprint density at radius 3 is 2.82 bits per heavy atom. The Morgan fingerprint density at radius 2 is 2.24 bits per heavy atom. The van der Waals surface area contributed by atoms with Gasteiger partial charge in [-0.15, -0.1) is 0 Å². The van der Waals surface area contributed by atoms with Crippen LogP contribution in [0.4, 0.5) is 4.39 Å². The number of halogens is 2. The normalized spacial score (nSPS) is 23.9. The number of hydrogen-bond acceptors (Lipinski definition) is 3. The number of aromatic hydroxyl groups is 1. The topological polar surface area (TPSA) is 69.6 Å².